The molecule has 0 amide bonds. The van der Waals surface area contributed by atoms with E-state index >= 15 is 0 Å². The molecule has 5 aromatic rings. The first-order valence-electron chi connectivity index (χ1n) is 14.4. The number of benzene rings is 3. The van der Waals surface area contributed by atoms with Gasteiger partial charge in [0.15, 0.2) is 0 Å². The largest absolute Gasteiger partial charge is 1.00 e. The van der Waals surface area contributed by atoms with Crippen LogP contribution in [0.2, 0.25) is 0 Å². The molecular formula is C35H40BCuF4N2OP+. The molecule has 3 heterocycles. The van der Waals surface area contributed by atoms with Gasteiger partial charge in [-0.15, -0.1) is 0 Å². The molecule has 1 aliphatic rings. The van der Waals surface area contributed by atoms with Crippen LogP contribution in [-0.2, 0) is 21.8 Å². The standard InChI is InChI=1S/C19H17P.2C6H7N.C4H8O.BF4.Cu/c1-16-10-8-9-15-19(16)20(17-11-4-2-5-12-17)18-13-6-3-7-14-18;2*1-6-2-4-7-5-3-6;1-2-4-5-3-1;2-1(3,4)5;/h2-15H,1H3;2*2-5H,1H3;1-4H2;;/q;;;;-1;+1/p+1. The van der Waals surface area contributed by atoms with Gasteiger partial charge >= 0.3 is 24.3 Å². The topological polar surface area (TPSA) is 35.0 Å². The van der Waals surface area contributed by atoms with E-state index in [4.69, 9.17) is 4.74 Å². The zero-order chi connectivity index (χ0) is 32.0. The molecule has 6 rings (SSSR count). The van der Waals surface area contributed by atoms with Crippen molar-refractivity contribution in [3.8, 4) is 0 Å². The number of aromatic nitrogens is 2. The van der Waals surface area contributed by atoms with E-state index in [1.54, 1.807) is 24.8 Å². The van der Waals surface area contributed by atoms with Crippen LogP contribution in [0.25, 0.3) is 0 Å². The monoisotopic (exact) mass is 685 g/mol. The Bertz CT molecular complexity index is 1330. The average molecular weight is 686 g/mol. The SMILES string of the molecule is C1CCOC1.Cc1ccccc1[PH+](c1ccccc1)c1ccccc1.Cc1ccncc1.Cc1ccncc1.F[B-](F)(F)F.[Cu+]. The number of aryl methyl sites for hydroxylation is 3. The van der Waals surface area contributed by atoms with Gasteiger partial charge in [-0.2, -0.15) is 0 Å². The van der Waals surface area contributed by atoms with E-state index in [9.17, 15) is 17.3 Å². The van der Waals surface area contributed by atoms with E-state index in [1.165, 1.54) is 45.4 Å². The number of nitrogens with zero attached hydrogens (tertiary/aromatic N) is 2. The second kappa shape index (κ2) is 23.1. The van der Waals surface area contributed by atoms with Crippen LogP contribution in [0.1, 0.15) is 29.5 Å². The summed E-state index contributed by atoms with van der Waals surface area (Å²) < 4.78 is 43.9. The number of hydrogen-bond acceptors (Lipinski definition) is 3. The predicted molar refractivity (Wildman–Crippen MR) is 179 cm³/mol. The quantitative estimate of drug-likeness (QED) is 0.109. The minimum absolute atomic E-state index is 0. The van der Waals surface area contributed by atoms with E-state index in [1.807, 2.05) is 38.1 Å². The predicted octanol–water partition coefficient (Wildman–Crippen LogP) is 8.36. The number of halogens is 4. The van der Waals surface area contributed by atoms with Gasteiger partial charge in [0.25, 0.3) is 0 Å². The van der Waals surface area contributed by atoms with E-state index in [0.717, 1.165) is 13.2 Å². The van der Waals surface area contributed by atoms with Crippen molar-refractivity contribution in [2.45, 2.75) is 33.6 Å². The van der Waals surface area contributed by atoms with Crippen LogP contribution in [0.15, 0.2) is 134 Å². The van der Waals surface area contributed by atoms with Gasteiger partial charge in [-0.1, -0.05) is 54.6 Å². The fourth-order valence-corrected chi connectivity index (χ4v) is 6.65. The zero-order valence-electron chi connectivity index (χ0n) is 25.7. The molecule has 3 aromatic carbocycles. The van der Waals surface area contributed by atoms with Gasteiger partial charge in [0.1, 0.15) is 15.9 Å². The summed E-state index contributed by atoms with van der Waals surface area (Å²) >= 11 is 0. The molecule has 0 atom stereocenters. The molecule has 0 radical (unpaired) electrons. The summed E-state index contributed by atoms with van der Waals surface area (Å²) in [6.07, 6.45) is 9.70. The minimum atomic E-state index is -6.00. The smallest absolute Gasteiger partial charge is 0.418 e. The summed E-state index contributed by atoms with van der Waals surface area (Å²) in [7, 11) is -6.91. The van der Waals surface area contributed by atoms with Crippen molar-refractivity contribution in [1.82, 2.24) is 9.97 Å². The first kappa shape index (κ1) is 39.7. The van der Waals surface area contributed by atoms with E-state index in [-0.39, 0.29) is 17.1 Å². The third-order valence-corrected chi connectivity index (χ3v) is 8.98. The minimum Gasteiger partial charge on any atom is -0.418 e. The van der Waals surface area contributed by atoms with E-state index in [2.05, 4.69) is 102 Å². The van der Waals surface area contributed by atoms with Gasteiger partial charge < -0.3 is 22.0 Å². The van der Waals surface area contributed by atoms with Crippen molar-refractivity contribution < 1.29 is 39.1 Å². The summed E-state index contributed by atoms with van der Waals surface area (Å²) in [6, 6.07) is 38.4. The van der Waals surface area contributed by atoms with E-state index < -0.39 is 15.2 Å². The Balaban J connectivity index is 0.000000332. The fourth-order valence-electron chi connectivity index (χ4n) is 3.90. The first-order chi connectivity index (χ1) is 21.1. The first-order valence-corrected chi connectivity index (χ1v) is 15.9. The number of ether oxygens (including phenoxy) is 1. The second-order valence-electron chi connectivity index (χ2n) is 9.79. The Morgan fingerprint density at radius 3 is 1.20 bits per heavy atom. The van der Waals surface area contributed by atoms with Gasteiger partial charge in [-0.05, 0) is 105 Å². The van der Waals surface area contributed by atoms with Crippen LogP contribution in [-0.4, -0.2) is 30.4 Å². The van der Waals surface area contributed by atoms with Gasteiger partial charge in [-0.3, -0.25) is 9.97 Å². The molecule has 45 heavy (non-hydrogen) atoms. The zero-order valence-corrected chi connectivity index (χ0v) is 27.7. The fraction of sp³-hybridized carbons (Fsp3) is 0.200. The second-order valence-corrected chi connectivity index (χ2v) is 12.2. The van der Waals surface area contributed by atoms with Gasteiger partial charge in [0, 0.05) is 38.0 Å². The van der Waals surface area contributed by atoms with Crippen LogP contribution in [0.4, 0.5) is 17.3 Å². The molecule has 1 aliphatic heterocycles. The molecule has 2 aromatic heterocycles. The van der Waals surface area contributed by atoms with Gasteiger partial charge in [0.2, 0.25) is 0 Å². The van der Waals surface area contributed by atoms with Crippen molar-refractivity contribution in [3.63, 3.8) is 0 Å². The van der Waals surface area contributed by atoms with Gasteiger partial charge in [-0.25, -0.2) is 0 Å². The molecule has 0 bridgehead atoms. The molecule has 1 fully saturated rings. The summed E-state index contributed by atoms with van der Waals surface area (Å²) in [5, 5.41) is 4.37. The Hall–Kier alpha value is -3.35. The number of rotatable bonds is 3. The molecule has 0 unspecified atom stereocenters. The molecule has 0 N–H and O–H groups in total. The molecule has 0 aliphatic carbocycles. The van der Waals surface area contributed by atoms with Gasteiger partial charge in [0.05, 0.1) is 7.92 Å². The molecule has 0 spiro atoms. The summed E-state index contributed by atoms with van der Waals surface area (Å²) in [5.74, 6) is 0. The van der Waals surface area contributed by atoms with Crippen LogP contribution in [0, 0.1) is 20.8 Å². The Labute approximate surface area is 276 Å². The average Bonchev–Trinajstić information content (AvgIpc) is 3.61. The van der Waals surface area contributed by atoms with Crippen molar-refractivity contribution in [2.24, 2.45) is 0 Å². The third-order valence-electron chi connectivity index (χ3n) is 6.06. The molecular weight excluding hydrogens is 646 g/mol. The Kier molecular flexibility index (Phi) is 20.3. The summed E-state index contributed by atoms with van der Waals surface area (Å²) in [6.45, 7) is 8.30. The maximum atomic E-state index is 9.75. The van der Waals surface area contributed by atoms with Crippen LogP contribution < -0.4 is 15.9 Å². The van der Waals surface area contributed by atoms with Crippen molar-refractivity contribution in [3.05, 3.63) is 151 Å². The third kappa shape index (κ3) is 18.9. The Morgan fingerprint density at radius 1 is 0.556 bits per heavy atom. The molecule has 1 saturated heterocycles. The summed E-state index contributed by atoms with van der Waals surface area (Å²) in [5.41, 5.74) is 3.90. The van der Waals surface area contributed by atoms with Crippen molar-refractivity contribution >= 4 is 31.1 Å². The maximum absolute atomic E-state index is 9.75. The number of pyridine rings is 2. The number of hydrogen-bond donors (Lipinski definition) is 0. The van der Waals surface area contributed by atoms with Crippen LogP contribution >= 0.6 is 7.92 Å². The van der Waals surface area contributed by atoms with Crippen LogP contribution in [0.3, 0.4) is 0 Å². The maximum Gasteiger partial charge on any atom is 1.00 e. The van der Waals surface area contributed by atoms with E-state index in [0.29, 0.717) is 0 Å². The summed E-state index contributed by atoms with van der Waals surface area (Å²) in [4.78, 5) is 7.69. The Morgan fingerprint density at radius 2 is 0.911 bits per heavy atom. The molecule has 10 heteroatoms. The molecule has 3 nitrogen and oxygen atoms in total. The molecule has 242 valence electrons. The normalized spacial score (nSPS) is 11.5. The van der Waals surface area contributed by atoms with Crippen molar-refractivity contribution in [2.75, 3.05) is 13.2 Å². The molecule has 0 saturated carbocycles. The van der Waals surface area contributed by atoms with Crippen molar-refractivity contribution in [1.29, 1.82) is 0 Å². The van der Waals surface area contributed by atoms with Crippen LogP contribution in [0.5, 0.6) is 0 Å².